The molecule has 1 aromatic rings. The van der Waals surface area contributed by atoms with E-state index in [0.717, 1.165) is 25.7 Å². The molecule has 0 radical (unpaired) electrons. The summed E-state index contributed by atoms with van der Waals surface area (Å²) < 4.78 is 28.1. The van der Waals surface area contributed by atoms with E-state index in [9.17, 15) is 22.8 Å². The van der Waals surface area contributed by atoms with Crippen molar-refractivity contribution in [3.05, 3.63) is 30.3 Å². The molecular weight excluding hydrogens is 430 g/mol. The fraction of sp³-hybridized carbons (Fsp3) is 0.609. The Morgan fingerprint density at radius 2 is 1.78 bits per heavy atom. The summed E-state index contributed by atoms with van der Waals surface area (Å²) in [6.07, 6.45) is 4.59. The van der Waals surface area contributed by atoms with Crippen molar-refractivity contribution in [2.24, 2.45) is 17.8 Å². The molecule has 4 unspecified atom stereocenters. The van der Waals surface area contributed by atoms with Gasteiger partial charge in [-0.15, -0.1) is 0 Å². The summed E-state index contributed by atoms with van der Waals surface area (Å²) in [5.41, 5.74) is 0. The Morgan fingerprint density at radius 3 is 2.47 bits per heavy atom. The normalized spacial score (nSPS) is 25.3. The number of ketones is 1. The highest BCUT2D eigenvalue weighted by atomic mass is 32.2. The Morgan fingerprint density at radius 1 is 1.09 bits per heavy atom. The predicted molar refractivity (Wildman–Crippen MR) is 120 cm³/mol. The molecule has 2 aliphatic rings. The summed E-state index contributed by atoms with van der Waals surface area (Å²) in [6.45, 7) is 4.25. The number of carbonyl (C=O) groups is 3. The van der Waals surface area contributed by atoms with E-state index in [4.69, 9.17) is 0 Å². The third kappa shape index (κ3) is 6.38. The van der Waals surface area contributed by atoms with Gasteiger partial charge in [0.25, 0.3) is 5.91 Å². The average Bonchev–Trinajstić information content (AvgIpc) is 2.79. The van der Waals surface area contributed by atoms with Gasteiger partial charge in [-0.1, -0.05) is 44.9 Å². The second kappa shape index (κ2) is 10.6. The van der Waals surface area contributed by atoms with E-state index in [1.54, 1.807) is 18.2 Å². The monoisotopic (exact) mass is 463 g/mol. The number of nitrogens with one attached hydrogen (secondary N) is 3. The fourth-order valence-electron chi connectivity index (χ4n) is 4.66. The fourth-order valence-corrected chi connectivity index (χ4v) is 5.89. The van der Waals surface area contributed by atoms with Crippen molar-refractivity contribution >= 4 is 27.6 Å². The minimum absolute atomic E-state index is 0.0304. The van der Waals surface area contributed by atoms with Gasteiger partial charge >= 0.3 is 0 Å². The number of hydrogen-bond acceptors (Lipinski definition) is 5. The lowest BCUT2D eigenvalue weighted by Gasteiger charge is -2.30. The molecule has 1 saturated heterocycles. The van der Waals surface area contributed by atoms with E-state index in [-0.39, 0.29) is 23.2 Å². The first kappa shape index (κ1) is 24.4. The molecule has 9 heteroatoms. The summed E-state index contributed by atoms with van der Waals surface area (Å²) in [7, 11) is -3.92. The first-order valence-electron chi connectivity index (χ1n) is 11.4. The number of Topliss-reactive ketones (excluding diaryl/α,β-unsaturated/α-hetero) is 1. The van der Waals surface area contributed by atoms with E-state index in [1.165, 1.54) is 12.1 Å². The quantitative estimate of drug-likeness (QED) is 0.532. The summed E-state index contributed by atoms with van der Waals surface area (Å²) in [5, 5.41) is 5.40. The van der Waals surface area contributed by atoms with Gasteiger partial charge in [0.2, 0.25) is 21.7 Å². The lowest BCUT2D eigenvalue weighted by molar-refractivity contribution is -0.140. The van der Waals surface area contributed by atoms with E-state index in [0.29, 0.717) is 18.9 Å². The molecule has 1 aromatic carbocycles. The van der Waals surface area contributed by atoms with Crippen LogP contribution in [0.25, 0.3) is 0 Å². The lowest BCUT2D eigenvalue weighted by atomic mass is 9.78. The molecule has 32 heavy (non-hydrogen) atoms. The van der Waals surface area contributed by atoms with Crippen molar-refractivity contribution in [2.45, 2.75) is 69.4 Å². The van der Waals surface area contributed by atoms with E-state index < -0.39 is 39.7 Å². The molecule has 2 fully saturated rings. The molecule has 1 aliphatic carbocycles. The van der Waals surface area contributed by atoms with E-state index in [1.807, 2.05) is 13.8 Å². The number of fused-ring (bicyclic) bond motifs is 2. The maximum absolute atomic E-state index is 13.1. The molecule has 2 bridgehead atoms. The van der Waals surface area contributed by atoms with Crippen LogP contribution in [0.15, 0.2) is 35.2 Å². The molecule has 2 amide bonds. The number of rotatable bonds is 7. The zero-order valence-electron chi connectivity index (χ0n) is 18.7. The van der Waals surface area contributed by atoms with Gasteiger partial charge < -0.3 is 10.6 Å². The number of sulfonamides is 1. The molecule has 1 heterocycles. The Bertz CT molecular complexity index is 932. The SMILES string of the molecule is CC(C)CC(NS(=O)(=O)c1ccccc1)C(=O)NC1CC2CCCC(CNC(=O)C1=O)C2. The number of amides is 2. The van der Waals surface area contributed by atoms with E-state index in [2.05, 4.69) is 15.4 Å². The summed E-state index contributed by atoms with van der Waals surface area (Å²) >= 11 is 0. The third-order valence-electron chi connectivity index (χ3n) is 6.24. The van der Waals surface area contributed by atoms with Gasteiger partial charge in [0.1, 0.15) is 6.04 Å². The van der Waals surface area contributed by atoms with Crippen molar-refractivity contribution in [3.63, 3.8) is 0 Å². The number of carbonyl (C=O) groups excluding carboxylic acids is 3. The first-order valence-corrected chi connectivity index (χ1v) is 12.8. The second-order valence-corrected chi connectivity index (χ2v) is 11.1. The summed E-state index contributed by atoms with van der Waals surface area (Å²) in [4.78, 5) is 38.3. The van der Waals surface area contributed by atoms with Gasteiger partial charge in [-0.05, 0) is 55.6 Å². The van der Waals surface area contributed by atoms with Crippen molar-refractivity contribution in [2.75, 3.05) is 6.54 Å². The lowest BCUT2D eigenvalue weighted by Crippen LogP contribution is -2.54. The predicted octanol–water partition coefficient (Wildman–Crippen LogP) is 1.76. The van der Waals surface area contributed by atoms with Gasteiger partial charge in [-0.3, -0.25) is 14.4 Å². The molecule has 1 saturated carbocycles. The molecule has 8 nitrogen and oxygen atoms in total. The van der Waals surface area contributed by atoms with Crippen molar-refractivity contribution in [1.29, 1.82) is 0 Å². The molecule has 176 valence electrons. The third-order valence-corrected chi connectivity index (χ3v) is 7.73. The second-order valence-electron chi connectivity index (χ2n) is 9.39. The highest BCUT2D eigenvalue weighted by Gasteiger charge is 2.36. The van der Waals surface area contributed by atoms with Crippen LogP contribution < -0.4 is 15.4 Å². The maximum atomic E-state index is 13.1. The van der Waals surface area contributed by atoms with Gasteiger partial charge in [0.05, 0.1) is 10.9 Å². The van der Waals surface area contributed by atoms with Crippen LogP contribution in [0.3, 0.4) is 0 Å². The average molecular weight is 464 g/mol. The van der Waals surface area contributed by atoms with Crippen molar-refractivity contribution < 1.29 is 22.8 Å². The van der Waals surface area contributed by atoms with Crippen LogP contribution >= 0.6 is 0 Å². The largest absolute Gasteiger partial charge is 0.349 e. The first-order chi connectivity index (χ1) is 15.2. The van der Waals surface area contributed by atoms with Gasteiger partial charge in [0, 0.05) is 6.54 Å². The molecule has 0 spiro atoms. The van der Waals surface area contributed by atoms with E-state index >= 15 is 0 Å². The Balaban J connectivity index is 1.77. The molecule has 3 rings (SSSR count). The molecular formula is C23H33N3O5S. The molecule has 4 atom stereocenters. The zero-order chi connectivity index (χ0) is 23.3. The van der Waals surface area contributed by atoms with Crippen molar-refractivity contribution in [3.8, 4) is 0 Å². The molecule has 1 aliphatic heterocycles. The molecule has 3 N–H and O–H groups in total. The minimum Gasteiger partial charge on any atom is -0.349 e. The molecule has 0 aromatic heterocycles. The van der Waals surface area contributed by atoms with Gasteiger partial charge in [-0.2, -0.15) is 4.72 Å². The highest BCUT2D eigenvalue weighted by molar-refractivity contribution is 7.89. The van der Waals surface area contributed by atoms with Crippen molar-refractivity contribution in [1.82, 2.24) is 15.4 Å². The standard InChI is InChI=1S/C23H33N3O5S/c1-15(2)11-20(26-32(30,31)18-9-4-3-5-10-18)22(28)25-19-13-16-7-6-8-17(12-16)14-24-23(29)21(19)27/h3-5,9-10,15-17,19-20,26H,6-8,11-14H2,1-2H3,(H,24,29)(H,25,28). The summed E-state index contributed by atoms with van der Waals surface area (Å²) in [6, 6.07) is 5.83. The van der Waals surface area contributed by atoms with Crippen LogP contribution in [0.5, 0.6) is 0 Å². The number of benzene rings is 1. The van der Waals surface area contributed by atoms with Crippen LogP contribution in [0, 0.1) is 17.8 Å². The van der Waals surface area contributed by atoms with Crippen LogP contribution in [-0.4, -0.2) is 44.6 Å². The Hall–Kier alpha value is -2.26. The zero-order valence-corrected chi connectivity index (χ0v) is 19.5. The summed E-state index contributed by atoms with van der Waals surface area (Å²) in [5.74, 6) is -1.31. The van der Waals surface area contributed by atoms with Crippen LogP contribution in [0.1, 0.15) is 52.4 Å². The minimum atomic E-state index is -3.92. The highest BCUT2D eigenvalue weighted by Crippen LogP contribution is 2.32. The smallest absolute Gasteiger partial charge is 0.289 e. The topological polar surface area (TPSA) is 121 Å². The Kier molecular flexibility index (Phi) is 8.05. The van der Waals surface area contributed by atoms with Crippen LogP contribution in [0.4, 0.5) is 0 Å². The van der Waals surface area contributed by atoms with Gasteiger partial charge in [0.15, 0.2) is 0 Å². The Labute approximate surface area is 190 Å². The van der Waals surface area contributed by atoms with Crippen LogP contribution in [-0.2, 0) is 24.4 Å². The number of hydrogen-bond donors (Lipinski definition) is 3. The van der Waals surface area contributed by atoms with Gasteiger partial charge in [-0.25, -0.2) is 8.42 Å². The maximum Gasteiger partial charge on any atom is 0.289 e. The van der Waals surface area contributed by atoms with Crippen LogP contribution in [0.2, 0.25) is 0 Å².